The molecule has 200 valence electrons. The molecule has 0 bridgehead atoms. The van der Waals surface area contributed by atoms with E-state index in [1.807, 2.05) is 6.07 Å². The lowest BCUT2D eigenvalue weighted by Gasteiger charge is -2.26. The molecule has 11 heteroatoms. The fourth-order valence-electron chi connectivity index (χ4n) is 5.10. The summed E-state index contributed by atoms with van der Waals surface area (Å²) in [5, 5.41) is 15.7. The van der Waals surface area contributed by atoms with Crippen molar-refractivity contribution in [3.05, 3.63) is 39.6 Å². The number of benzene rings is 1. The normalized spacial score (nSPS) is 14.2. The molecule has 2 amide bonds. The Morgan fingerprint density at radius 3 is 2.59 bits per heavy atom. The molecule has 0 spiro atoms. The average Bonchev–Trinajstić information content (AvgIpc) is 3.52. The number of aromatic nitrogens is 3. The Morgan fingerprint density at radius 2 is 1.89 bits per heavy atom. The van der Waals surface area contributed by atoms with Gasteiger partial charge in [0.15, 0.2) is 0 Å². The first-order valence-electron chi connectivity index (χ1n) is 12.8. The molecule has 1 atom stereocenters. The molecule has 4 rings (SSSR count). The number of hydrogen-bond acceptors (Lipinski definition) is 5. The molecule has 1 aliphatic rings. The van der Waals surface area contributed by atoms with Crippen molar-refractivity contribution < 1.29 is 14.7 Å². The molecule has 1 unspecified atom stereocenters. The number of nitrogens with two attached hydrogens (primary N) is 2. The van der Waals surface area contributed by atoms with Crippen LogP contribution >= 0.6 is 23.2 Å². The van der Waals surface area contributed by atoms with Crippen molar-refractivity contribution in [2.75, 3.05) is 19.7 Å². The highest BCUT2D eigenvalue weighted by atomic mass is 35.5. The highest BCUT2D eigenvalue weighted by Gasteiger charge is 2.28. The van der Waals surface area contributed by atoms with Gasteiger partial charge in [0, 0.05) is 47.9 Å². The molecule has 3 heterocycles. The maximum Gasteiger partial charge on any atom is 0.248 e. The Balaban J connectivity index is 1.61. The number of primary amides is 1. The molecule has 6 N–H and O–H groups in total. The zero-order valence-corrected chi connectivity index (χ0v) is 22.3. The van der Waals surface area contributed by atoms with Crippen molar-refractivity contribution in [2.45, 2.75) is 64.0 Å². The van der Waals surface area contributed by atoms with Crippen LogP contribution in [-0.2, 0) is 22.6 Å². The molecule has 3 aromatic rings. The van der Waals surface area contributed by atoms with Crippen molar-refractivity contribution in [2.24, 2.45) is 11.5 Å². The van der Waals surface area contributed by atoms with Crippen molar-refractivity contribution in [1.82, 2.24) is 19.7 Å². The molecule has 0 saturated carbocycles. The lowest BCUT2D eigenvalue weighted by Crippen LogP contribution is -2.37. The molecular formula is C26H34Cl2N6O3. The van der Waals surface area contributed by atoms with Gasteiger partial charge in [-0.15, -0.1) is 0 Å². The van der Waals surface area contributed by atoms with Gasteiger partial charge >= 0.3 is 0 Å². The number of halogens is 2. The van der Waals surface area contributed by atoms with Crippen LogP contribution in [0.2, 0.25) is 10.0 Å². The molecule has 0 saturated heterocycles. The number of nitrogens with zero attached hydrogens (tertiary/aromatic N) is 3. The summed E-state index contributed by atoms with van der Waals surface area (Å²) in [7, 11) is 0. The van der Waals surface area contributed by atoms with Crippen molar-refractivity contribution in [3.63, 3.8) is 0 Å². The Kier molecular flexibility index (Phi) is 9.13. The number of carbonyl (C=O) groups is 2. The summed E-state index contributed by atoms with van der Waals surface area (Å²) in [6, 6.07) is 3.05. The predicted molar refractivity (Wildman–Crippen MR) is 145 cm³/mol. The van der Waals surface area contributed by atoms with Crippen LogP contribution in [0, 0.1) is 0 Å². The van der Waals surface area contributed by atoms with Crippen LogP contribution in [-0.4, -0.2) is 56.3 Å². The topological polar surface area (TPSA) is 143 Å². The van der Waals surface area contributed by atoms with Crippen LogP contribution < -0.4 is 11.5 Å². The molecule has 37 heavy (non-hydrogen) atoms. The van der Waals surface area contributed by atoms with Crippen LogP contribution in [0.4, 0.5) is 0 Å². The highest BCUT2D eigenvalue weighted by molar-refractivity contribution is 6.45. The van der Waals surface area contributed by atoms with E-state index in [1.165, 1.54) is 0 Å². The summed E-state index contributed by atoms with van der Waals surface area (Å²) in [5.41, 5.74) is 15.3. The molecule has 0 aliphatic carbocycles. The number of fused-ring (bicyclic) bond motifs is 3. The van der Waals surface area contributed by atoms with Gasteiger partial charge in [-0.1, -0.05) is 55.3 Å². The van der Waals surface area contributed by atoms with Gasteiger partial charge in [-0.05, 0) is 31.5 Å². The number of rotatable bonds is 12. The number of nitrogens with one attached hydrogen (secondary N) is 1. The molecule has 2 aromatic heterocycles. The largest absolute Gasteiger partial charge is 0.387 e. The SMILES string of the molecule is NCCCCCCCCC(C(N)=O)n1ccc(-c2cc(Cl)c(Cl)c3[nH]c4c(c23)CN(C(=O)CO)CC4)n1. The van der Waals surface area contributed by atoms with Gasteiger partial charge in [0.1, 0.15) is 12.6 Å². The van der Waals surface area contributed by atoms with Crippen LogP contribution in [0.3, 0.4) is 0 Å². The van der Waals surface area contributed by atoms with E-state index < -0.39 is 18.6 Å². The number of aliphatic hydroxyl groups is 1. The predicted octanol–water partition coefficient (Wildman–Crippen LogP) is 3.93. The van der Waals surface area contributed by atoms with Gasteiger partial charge in [0.05, 0.1) is 21.3 Å². The standard InChI is InChI=1S/C26H34Cl2N6O3/c27-18-13-16(23-17-14-33(22(36)15-35)11-8-19(17)31-25(23)24(18)28)20-9-12-34(32-20)21(26(30)37)7-5-3-1-2-4-6-10-29/h9,12-13,21,31,35H,1-8,10-11,14-15,29H2,(H2,30,37). The second kappa shape index (κ2) is 12.3. The third kappa shape index (κ3) is 5.95. The van der Waals surface area contributed by atoms with Crippen LogP contribution in [0.25, 0.3) is 22.2 Å². The van der Waals surface area contributed by atoms with Gasteiger partial charge in [-0.25, -0.2) is 0 Å². The Morgan fingerprint density at radius 1 is 1.16 bits per heavy atom. The number of H-pyrrole nitrogens is 1. The fourth-order valence-corrected chi connectivity index (χ4v) is 5.50. The van der Waals surface area contributed by atoms with Gasteiger partial charge in [0.2, 0.25) is 11.8 Å². The van der Waals surface area contributed by atoms with Crippen LogP contribution in [0.5, 0.6) is 0 Å². The minimum absolute atomic E-state index is 0.324. The molecular weight excluding hydrogens is 515 g/mol. The first kappa shape index (κ1) is 27.4. The van der Waals surface area contributed by atoms with Crippen molar-refractivity contribution >= 4 is 45.9 Å². The first-order valence-corrected chi connectivity index (χ1v) is 13.6. The maximum atomic E-state index is 12.3. The zero-order chi connectivity index (χ0) is 26.5. The lowest BCUT2D eigenvalue weighted by atomic mass is 9.99. The van der Waals surface area contributed by atoms with Crippen molar-refractivity contribution in [3.8, 4) is 11.3 Å². The van der Waals surface area contributed by atoms with Gasteiger partial charge in [0.25, 0.3) is 0 Å². The Hall–Kier alpha value is -2.59. The monoisotopic (exact) mass is 548 g/mol. The number of carbonyl (C=O) groups excluding carboxylic acids is 2. The second-order valence-electron chi connectivity index (χ2n) is 9.57. The van der Waals surface area contributed by atoms with Crippen molar-refractivity contribution in [1.29, 1.82) is 0 Å². The minimum atomic E-state index is -0.547. The maximum absolute atomic E-state index is 12.3. The zero-order valence-electron chi connectivity index (χ0n) is 20.8. The third-order valence-corrected chi connectivity index (χ3v) is 7.88. The van der Waals surface area contributed by atoms with Crippen LogP contribution in [0.1, 0.15) is 62.2 Å². The smallest absolute Gasteiger partial charge is 0.248 e. The van der Waals surface area contributed by atoms with E-state index in [0.717, 1.165) is 67.3 Å². The molecule has 0 radical (unpaired) electrons. The third-order valence-electron chi connectivity index (χ3n) is 7.09. The molecule has 9 nitrogen and oxygen atoms in total. The summed E-state index contributed by atoms with van der Waals surface area (Å²) in [6.07, 6.45) is 9.30. The molecule has 1 aromatic carbocycles. The summed E-state index contributed by atoms with van der Waals surface area (Å²) in [5.74, 6) is -0.746. The van der Waals surface area contributed by atoms with E-state index >= 15 is 0 Å². The van der Waals surface area contributed by atoms with E-state index in [-0.39, 0.29) is 5.91 Å². The van der Waals surface area contributed by atoms with E-state index in [2.05, 4.69) is 4.98 Å². The summed E-state index contributed by atoms with van der Waals surface area (Å²) in [6.45, 7) is 1.03. The number of hydrogen-bond donors (Lipinski definition) is 4. The fraction of sp³-hybridized carbons (Fsp3) is 0.500. The second-order valence-corrected chi connectivity index (χ2v) is 10.4. The molecule has 0 fully saturated rings. The van der Waals surface area contributed by atoms with E-state index in [1.54, 1.807) is 21.8 Å². The Labute approximate surface area is 226 Å². The first-order chi connectivity index (χ1) is 17.8. The number of aromatic amines is 1. The van der Waals surface area contributed by atoms with Gasteiger partial charge < -0.3 is 26.5 Å². The summed E-state index contributed by atoms with van der Waals surface area (Å²) in [4.78, 5) is 29.5. The van der Waals surface area contributed by atoms with Gasteiger partial charge in [-0.2, -0.15) is 5.10 Å². The van der Waals surface area contributed by atoms with E-state index in [4.69, 9.17) is 39.8 Å². The summed E-state index contributed by atoms with van der Waals surface area (Å²) < 4.78 is 1.63. The average molecular weight is 550 g/mol. The number of unbranched alkanes of at least 4 members (excludes halogenated alkanes) is 5. The minimum Gasteiger partial charge on any atom is -0.387 e. The number of aliphatic hydroxyl groups excluding tert-OH is 1. The van der Waals surface area contributed by atoms with E-state index in [9.17, 15) is 14.7 Å². The number of amides is 2. The lowest BCUT2D eigenvalue weighted by molar-refractivity contribution is -0.135. The quantitative estimate of drug-likeness (QED) is 0.253. The Bertz CT molecular complexity index is 1270. The summed E-state index contributed by atoms with van der Waals surface area (Å²) >= 11 is 13.1. The molecule has 1 aliphatic heterocycles. The van der Waals surface area contributed by atoms with E-state index in [0.29, 0.717) is 47.2 Å². The van der Waals surface area contributed by atoms with Gasteiger partial charge in [-0.3, -0.25) is 14.3 Å². The van der Waals surface area contributed by atoms with Crippen LogP contribution in [0.15, 0.2) is 18.3 Å². The highest BCUT2D eigenvalue weighted by Crippen LogP contribution is 2.42.